The van der Waals surface area contributed by atoms with Crippen LogP contribution in [0.1, 0.15) is 0 Å². The lowest BCUT2D eigenvalue weighted by atomic mass is 10.3. The first-order chi connectivity index (χ1) is 8.56. The fraction of sp³-hybridized carbons (Fsp3) is 0. The van der Waals surface area contributed by atoms with E-state index >= 15 is 0 Å². The van der Waals surface area contributed by atoms with Crippen molar-refractivity contribution in [2.45, 2.75) is 5.16 Å². The predicted molar refractivity (Wildman–Crippen MR) is 68.4 cm³/mol. The second kappa shape index (κ2) is 4.92. The number of thioether (sulfide) groups is 1. The van der Waals surface area contributed by atoms with Crippen LogP contribution in [0, 0.1) is 0 Å². The van der Waals surface area contributed by atoms with Gasteiger partial charge in [-0.05, 0) is 23.9 Å². The first kappa shape index (κ1) is 12.2. The van der Waals surface area contributed by atoms with Crippen LogP contribution in [0.15, 0.2) is 40.4 Å². The summed E-state index contributed by atoms with van der Waals surface area (Å²) in [7, 11) is 0. The number of primary amides is 2. The average molecular weight is 262 g/mol. The molecule has 7 heteroatoms. The highest BCUT2D eigenvalue weighted by atomic mass is 32.2. The Bertz CT molecular complexity index is 614. The molecule has 1 aromatic heterocycles. The number of aromatic amines is 1. The Balaban J connectivity index is 2.31. The number of carbonyl (C=O) groups is 2. The van der Waals surface area contributed by atoms with Crippen LogP contribution < -0.4 is 11.5 Å². The van der Waals surface area contributed by atoms with Gasteiger partial charge in [0.05, 0.1) is 15.9 Å². The average Bonchev–Trinajstić information content (AvgIpc) is 2.69. The molecule has 0 aliphatic carbocycles. The van der Waals surface area contributed by atoms with Crippen molar-refractivity contribution in [3.05, 3.63) is 35.2 Å². The van der Waals surface area contributed by atoms with Gasteiger partial charge in [-0.1, -0.05) is 12.1 Å². The Morgan fingerprint density at radius 2 is 2.00 bits per heavy atom. The molecule has 0 aliphatic rings. The minimum absolute atomic E-state index is 0.0431. The number of imidazole rings is 1. The largest absolute Gasteiger partial charge is 0.366 e. The maximum Gasteiger partial charge on any atom is 0.255 e. The van der Waals surface area contributed by atoms with Crippen LogP contribution in [0.2, 0.25) is 0 Å². The van der Waals surface area contributed by atoms with Crippen LogP contribution >= 0.6 is 11.8 Å². The molecule has 0 saturated carbocycles. The summed E-state index contributed by atoms with van der Waals surface area (Å²) < 4.78 is 0. The zero-order valence-corrected chi connectivity index (χ0v) is 10.0. The van der Waals surface area contributed by atoms with Crippen molar-refractivity contribution >= 4 is 34.6 Å². The standard InChI is InChI=1S/C11H10N4O2S/c12-9(16)5-8(10(13)17)18-11-14-6-3-1-2-4-7(6)15-11/h1-5H,(H2,12,16)(H2,13,17)(H,14,15). The number of amides is 2. The Kier molecular flexibility index (Phi) is 3.33. The van der Waals surface area contributed by atoms with Gasteiger partial charge >= 0.3 is 0 Å². The summed E-state index contributed by atoms with van der Waals surface area (Å²) in [4.78, 5) is 29.2. The number of H-pyrrole nitrogens is 1. The summed E-state index contributed by atoms with van der Waals surface area (Å²) in [6, 6.07) is 7.40. The van der Waals surface area contributed by atoms with E-state index in [0.29, 0.717) is 5.16 Å². The molecule has 0 aliphatic heterocycles. The molecule has 0 spiro atoms. The molecule has 0 radical (unpaired) electrons. The number of rotatable bonds is 4. The first-order valence-electron chi connectivity index (χ1n) is 5.00. The predicted octanol–water partition coefficient (Wildman–Crippen LogP) is 0.510. The van der Waals surface area contributed by atoms with Crippen LogP contribution in [-0.2, 0) is 9.59 Å². The number of hydrogen-bond acceptors (Lipinski definition) is 4. The summed E-state index contributed by atoms with van der Waals surface area (Å²) in [5, 5.41) is 0.475. The molecule has 1 aromatic carbocycles. The van der Waals surface area contributed by atoms with Crippen LogP contribution in [0.25, 0.3) is 11.0 Å². The molecule has 18 heavy (non-hydrogen) atoms. The monoisotopic (exact) mass is 262 g/mol. The molecular weight excluding hydrogens is 252 g/mol. The second-order valence-electron chi connectivity index (χ2n) is 3.44. The minimum Gasteiger partial charge on any atom is -0.366 e. The lowest BCUT2D eigenvalue weighted by molar-refractivity contribution is -0.116. The topological polar surface area (TPSA) is 115 Å². The molecule has 0 saturated heterocycles. The van der Waals surface area contributed by atoms with Crippen molar-refractivity contribution in [1.29, 1.82) is 0 Å². The molecule has 6 nitrogen and oxygen atoms in total. The maximum atomic E-state index is 11.1. The van der Waals surface area contributed by atoms with Gasteiger partial charge in [-0.15, -0.1) is 0 Å². The third kappa shape index (κ3) is 2.69. The van der Waals surface area contributed by atoms with Crippen LogP contribution in [0.3, 0.4) is 0 Å². The number of nitrogens with zero attached hydrogens (tertiary/aromatic N) is 1. The number of nitrogens with two attached hydrogens (primary N) is 2. The normalized spacial score (nSPS) is 11.7. The van der Waals surface area contributed by atoms with E-state index in [1.54, 1.807) is 0 Å². The molecule has 0 bridgehead atoms. The quantitative estimate of drug-likeness (QED) is 0.550. The fourth-order valence-electron chi connectivity index (χ4n) is 1.36. The highest BCUT2D eigenvalue weighted by Crippen LogP contribution is 2.25. The van der Waals surface area contributed by atoms with Gasteiger partial charge in [-0.3, -0.25) is 9.59 Å². The van der Waals surface area contributed by atoms with E-state index in [4.69, 9.17) is 11.5 Å². The number of carbonyl (C=O) groups excluding carboxylic acids is 2. The molecule has 2 rings (SSSR count). The molecule has 1 heterocycles. The third-order valence-corrected chi connectivity index (χ3v) is 3.02. The summed E-state index contributed by atoms with van der Waals surface area (Å²) in [5.74, 6) is -1.45. The second-order valence-corrected chi connectivity index (χ2v) is 4.47. The van der Waals surface area contributed by atoms with E-state index in [2.05, 4.69) is 9.97 Å². The first-order valence-corrected chi connectivity index (χ1v) is 5.81. The van der Waals surface area contributed by atoms with Gasteiger partial charge in [0, 0.05) is 6.08 Å². The number of hydrogen-bond donors (Lipinski definition) is 3. The van der Waals surface area contributed by atoms with Crippen molar-refractivity contribution in [2.24, 2.45) is 11.5 Å². The van der Waals surface area contributed by atoms with Gasteiger partial charge in [0.1, 0.15) is 0 Å². The zero-order chi connectivity index (χ0) is 13.1. The van der Waals surface area contributed by atoms with Crippen molar-refractivity contribution < 1.29 is 9.59 Å². The highest BCUT2D eigenvalue weighted by Gasteiger charge is 2.11. The Labute approximate surface area is 106 Å². The molecule has 92 valence electrons. The van der Waals surface area contributed by atoms with E-state index in [0.717, 1.165) is 28.9 Å². The minimum atomic E-state index is -0.729. The zero-order valence-electron chi connectivity index (χ0n) is 9.21. The number of fused-ring (bicyclic) bond motifs is 1. The number of aromatic nitrogens is 2. The lowest BCUT2D eigenvalue weighted by Crippen LogP contribution is -2.16. The Hall–Kier alpha value is -2.28. The van der Waals surface area contributed by atoms with Gasteiger partial charge in [0.2, 0.25) is 5.91 Å². The molecule has 0 atom stereocenters. The van der Waals surface area contributed by atoms with Gasteiger partial charge in [0.25, 0.3) is 5.91 Å². The van der Waals surface area contributed by atoms with E-state index in [9.17, 15) is 9.59 Å². The SMILES string of the molecule is NC(=O)C=C(Sc1nc2ccccc2[nH]1)C(N)=O. The maximum absolute atomic E-state index is 11.1. The Morgan fingerprint density at radius 3 is 2.61 bits per heavy atom. The van der Waals surface area contributed by atoms with Gasteiger partial charge in [-0.25, -0.2) is 4.98 Å². The van der Waals surface area contributed by atoms with Crippen LogP contribution in [-0.4, -0.2) is 21.8 Å². The van der Waals surface area contributed by atoms with E-state index < -0.39 is 11.8 Å². The molecule has 0 unspecified atom stereocenters. The van der Waals surface area contributed by atoms with Gasteiger partial charge in [0.15, 0.2) is 5.16 Å². The molecule has 0 fully saturated rings. The van der Waals surface area contributed by atoms with Crippen molar-refractivity contribution in [2.75, 3.05) is 0 Å². The summed E-state index contributed by atoms with van der Waals surface area (Å²) in [6.45, 7) is 0. The van der Waals surface area contributed by atoms with Gasteiger partial charge in [-0.2, -0.15) is 0 Å². The highest BCUT2D eigenvalue weighted by molar-refractivity contribution is 8.03. The van der Waals surface area contributed by atoms with Gasteiger partial charge < -0.3 is 16.5 Å². The molecule has 2 aromatic rings. The lowest BCUT2D eigenvalue weighted by Gasteiger charge is -1.98. The summed E-state index contributed by atoms with van der Waals surface area (Å²) in [5.41, 5.74) is 11.7. The fourth-order valence-corrected chi connectivity index (χ4v) is 2.15. The number of benzene rings is 1. The third-order valence-electron chi connectivity index (χ3n) is 2.09. The molecule has 2 amide bonds. The molecule has 5 N–H and O–H groups in total. The summed E-state index contributed by atoms with van der Waals surface area (Å²) in [6.07, 6.45) is 0.986. The Morgan fingerprint density at radius 1 is 1.28 bits per heavy atom. The number of para-hydroxylation sites is 2. The van der Waals surface area contributed by atoms with E-state index in [1.807, 2.05) is 24.3 Å². The van der Waals surface area contributed by atoms with E-state index in [-0.39, 0.29) is 4.91 Å². The van der Waals surface area contributed by atoms with Crippen molar-refractivity contribution in [1.82, 2.24) is 9.97 Å². The van der Waals surface area contributed by atoms with Crippen molar-refractivity contribution in [3.8, 4) is 0 Å². The number of nitrogens with one attached hydrogen (secondary N) is 1. The molecular formula is C11H10N4O2S. The van der Waals surface area contributed by atoms with E-state index in [1.165, 1.54) is 0 Å². The van der Waals surface area contributed by atoms with Crippen molar-refractivity contribution in [3.63, 3.8) is 0 Å². The summed E-state index contributed by atoms with van der Waals surface area (Å²) >= 11 is 0.970. The van der Waals surface area contributed by atoms with Crippen LogP contribution in [0.5, 0.6) is 0 Å². The van der Waals surface area contributed by atoms with Crippen LogP contribution in [0.4, 0.5) is 0 Å². The smallest absolute Gasteiger partial charge is 0.255 e.